The van der Waals surface area contributed by atoms with Crippen molar-refractivity contribution in [2.75, 3.05) is 23.5 Å². The molecular weight excluding hydrogens is 424 g/mol. The number of benzene rings is 2. The van der Waals surface area contributed by atoms with Crippen LogP contribution in [0.1, 0.15) is 6.92 Å². The molecule has 0 radical (unpaired) electrons. The van der Waals surface area contributed by atoms with Crippen molar-refractivity contribution >= 4 is 38.4 Å². The molecule has 0 aromatic heterocycles. The monoisotopic (exact) mass is 446 g/mol. The van der Waals surface area contributed by atoms with Crippen LogP contribution in [0.3, 0.4) is 0 Å². The Morgan fingerprint density at radius 3 is 2.57 bits per heavy atom. The maximum atomic E-state index is 12.8. The molecule has 2 aliphatic rings. The second kappa shape index (κ2) is 8.31. The lowest BCUT2D eigenvalue weighted by Gasteiger charge is -2.26. The number of hydrogen-bond acceptors (Lipinski definition) is 6. The van der Waals surface area contributed by atoms with Gasteiger partial charge < -0.3 is 14.4 Å². The fraction of sp³-hybridized carbons (Fsp3) is 0.333. The number of ether oxygens (including phenoxy) is 2. The minimum Gasteiger partial charge on any atom is -0.495 e. The number of hydrogen-bond donors (Lipinski definition) is 0. The van der Waals surface area contributed by atoms with Crippen molar-refractivity contribution in [1.29, 1.82) is 0 Å². The van der Waals surface area contributed by atoms with Crippen LogP contribution in [0.15, 0.2) is 59.6 Å². The van der Waals surface area contributed by atoms with Gasteiger partial charge in [0.1, 0.15) is 11.5 Å². The van der Waals surface area contributed by atoms with Gasteiger partial charge in [0.05, 0.1) is 30.3 Å². The third-order valence-corrected chi connectivity index (χ3v) is 8.23. The highest BCUT2D eigenvalue weighted by atomic mass is 32.2. The zero-order chi connectivity index (χ0) is 21.3. The van der Waals surface area contributed by atoms with Gasteiger partial charge in [-0.25, -0.2) is 8.42 Å². The zero-order valence-corrected chi connectivity index (χ0v) is 18.2. The van der Waals surface area contributed by atoms with E-state index in [1.54, 1.807) is 32.2 Å². The number of thioether (sulfide) groups is 1. The van der Waals surface area contributed by atoms with Crippen LogP contribution < -0.4 is 14.4 Å². The average Bonchev–Trinajstić information content (AvgIpc) is 3.19. The SMILES string of the molecule is COc1ccccc1N1C(=NC(=O)[C@H](C)Oc2ccccc2)S[C@H]2CS(=O)(=O)C[C@H]21. The van der Waals surface area contributed by atoms with E-state index in [9.17, 15) is 13.2 Å². The van der Waals surface area contributed by atoms with Crippen molar-refractivity contribution in [2.45, 2.75) is 24.3 Å². The van der Waals surface area contributed by atoms with Crippen LogP contribution >= 0.6 is 11.8 Å². The minimum absolute atomic E-state index is 0.0198. The highest BCUT2D eigenvalue weighted by molar-refractivity contribution is 8.16. The number of rotatable bonds is 5. The van der Waals surface area contributed by atoms with Gasteiger partial charge in [-0.05, 0) is 31.2 Å². The molecule has 2 aromatic rings. The van der Waals surface area contributed by atoms with Crippen molar-refractivity contribution < 1.29 is 22.7 Å². The molecule has 0 unspecified atom stereocenters. The Morgan fingerprint density at radius 2 is 1.83 bits per heavy atom. The van der Waals surface area contributed by atoms with Crippen LogP contribution in [0.5, 0.6) is 11.5 Å². The Labute approximate surface area is 180 Å². The van der Waals surface area contributed by atoms with Crippen molar-refractivity contribution in [1.82, 2.24) is 0 Å². The van der Waals surface area contributed by atoms with Gasteiger partial charge in [-0.1, -0.05) is 42.1 Å². The van der Waals surface area contributed by atoms with Gasteiger partial charge in [-0.3, -0.25) is 4.79 Å². The molecule has 2 fully saturated rings. The number of fused-ring (bicyclic) bond motifs is 1. The van der Waals surface area contributed by atoms with Gasteiger partial charge in [0.2, 0.25) is 0 Å². The molecule has 0 bridgehead atoms. The molecule has 158 valence electrons. The average molecular weight is 447 g/mol. The van der Waals surface area contributed by atoms with E-state index in [1.807, 2.05) is 41.3 Å². The van der Waals surface area contributed by atoms with Crippen LogP contribution in [-0.2, 0) is 14.6 Å². The molecular formula is C21H22N2O5S2. The quantitative estimate of drug-likeness (QED) is 0.698. The highest BCUT2D eigenvalue weighted by Crippen LogP contribution is 2.43. The van der Waals surface area contributed by atoms with Crippen molar-refractivity contribution in [3.63, 3.8) is 0 Å². The molecule has 0 saturated carbocycles. The topological polar surface area (TPSA) is 85.3 Å². The second-order valence-corrected chi connectivity index (χ2v) is 10.5. The molecule has 9 heteroatoms. The lowest BCUT2D eigenvalue weighted by molar-refractivity contribution is -0.123. The summed E-state index contributed by atoms with van der Waals surface area (Å²) in [7, 11) is -1.58. The number of amides is 1. The Bertz CT molecular complexity index is 1070. The third kappa shape index (κ3) is 4.17. The number of methoxy groups -OCH3 is 1. The Kier molecular flexibility index (Phi) is 5.75. The number of para-hydroxylation sites is 3. The van der Waals surface area contributed by atoms with Crippen LogP contribution in [0.4, 0.5) is 5.69 Å². The van der Waals surface area contributed by atoms with Crippen LogP contribution in [0.25, 0.3) is 0 Å². The van der Waals surface area contributed by atoms with E-state index in [1.165, 1.54) is 11.8 Å². The van der Waals surface area contributed by atoms with E-state index in [4.69, 9.17) is 9.47 Å². The molecule has 2 aromatic carbocycles. The Balaban J connectivity index is 1.64. The summed E-state index contributed by atoms with van der Waals surface area (Å²) < 4.78 is 35.6. The fourth-order valence-electron chi connectivity index (χ4n) is 3.61. The maximum Gasteiger partial charge on any atom is 0.288 e. The number of amidine groups is 1. The smallest absolute Gasteiger partial charge is 0.288 e. The molecule has 30 heavy (non-hydrogen) atoms. The van der Waals surface area contributed by atoms with Crippen molar-refractivity contribution in [3.8, 4) is 11.5 Å². The first-order valence-electron chi connectivity index (χ1n) is 9.51. The van der Waals surface area contributed by atoms with Crippen LogP contribution in [0, 0.1) is 0 Å². The molecule has 2 aliphatic heterocycles. The normalized spacial score (nSPS) is 24.5. The summed E-state index contributed by atoms with van der Waals surface area (Å²) in [5.74, 6) is 0.839. The van der Waals surface area contributed by atoms with Gasteiger partial charge in [0.15, 0.2) is 21.1 Å². The summed E-state index contributed by atoms with van der Waals surface area (Å²) in [6.07, 6.45) is -0.774. The number of anilines is 1. The zero-order valence-electron chi connectivity index (χ0n) is 16.6. The number of sulfone groups is 1. The summed E-state index contributed by atoms with van der Waals surface area (Å²) in [6.45, 7) is 1.65. The molecule has 0 aliphatic carbocycles. The lowest BCUT2D eigenvalue weighted by Crippen LogP contribution is -2.38. The minimum atomic E-state index is -3.14. The molecule has 7 nitrogen and oxygen atoms in total. The maximum absolute atomic E-state index is 12.8. The van der Waals surface area contributed by atoms with Crippen LogP contribution in [-0.4, -0.2) is 55.5 Å². The largest absolute Gasteiger partial charge is 0.495 e. The predicted octanol–water partition coefficient (Wildman–Crippen LogP) is 2.76. The van der Waals surface area contributed by atoms with Gasteiger partial charge in [0.25, 0.3) is 5.91 Å². The van der Waals surface area contributed by atoms with Crippen LogP contribution in [0.2, 0.25) is 0 Å². The summed E-state index contributed by atoms with van der Waals surface area (Å²) >= 11 is 1.32. The number of carbonyl (C=O) groups is 1. The Hall–Kier alpha value is -2.52. The number of carbonyl (C=O) groups excluding carboxylic acids is 1. The lowest BCUT2D eigenvalue weighted by atomic mass is 10.2. The summed E-state index contributed by atoms with van der Waals surface area (Å²) in [4.78, 5) is 18.9. The van der Waals surface area contributed by atoms with Gasteiger partial charge in [-0.2, -0.15) is 4.99 Å². The molecule has 2 heterocycles. The van der Waals surface area contributed by atoms with E-state index in [2.05, 4.69) is 4.99 Å². The van der Waals surface area contributed by atoms with Gasteiger partial charge >= 0.3 is 0 Å². The molecule has 3 atom stereocenters. The van der Waals surface area contributed by atoms with E-state index < -0.39 is 21.8 Å². The third-order valence-electron chi connectivity index (χ3n) is 5.02. The van der Waals surface area contributed by atoms with Crippen molar-refractivity contribution in [3.05, 3.63) is 54.6 Å². The first-order chi connectivity index (χ1) is 14.4. The molecule has 1 amide bonds. The molecule has 0 spiro atoms. The molecule has 2 saturated heterocycles. The highest BCUT2D eigenvalue weighted by Gasteiger charge is 2.50. The van der Waals surface area contributed by atoms with E-state index in [0.717, 1.165) is 0 Å². The number of nitrogens with zero attached hydrogens (tertiary/aromatic N) is 2. The van der Waals surface area contributed by atoms with Gasteiger partial charge in [-0.15, -0.1) is 0 Å². The summed E-state index contributed by atoms with van der Waals surface area (Å²) in [6, 6.07) is 16.1. The summed E-state index contributed by atoms with van der Waals surface area (Å²) in [5, 5.41) is 0.287. The van der Waals surface area contributed by atoms with Crippen molar-refractivity contribution in [2.24, 2.45) is 4.99 Å². The molecule has 0 N–H and O–H groups in total. The first kappa shape index (κ1) is 20.7. The van der Waals surface area contributed by atoms with E-state index in [0.29, 0.717) is 22.4 Å². The standard InChI is InChI=1S/C21H22N2O5S2/c1-14(28-15-8-4-3-5-9-15)20(24)22-21-23(16-10-6-7-11-18(16)27-2)17-12-30(25,26)13-19(17)29-21/h3-11,14,17,19H,12-13H2,1-2H3/t14-,17+,19-/m0/s1. The van der Waals surface area contributed by atoms with Gasteiger partial charge in [0, 0.05) is 5.25 Å². The fourth-order valence-corrected chi connectivity index (χ4v) is 7.53. The Morgan fingerprint density at radius 1 is 1.13 bits per heavy atom. The van der Waals surface area contributed by atoms with E-state index >= 15 is 0 Å². The molecule has 4 rings (SSSR count). The number of aliphatic imine (C=N–C) groups is 1. The predicted molar refractivity (Wildman–Crippen MR) is 118 cm³/mol. The van der Waals surface area contributed by atoms with E-state index in [-0.39, 0.29) is 22.8 Å². The second-order valence-electron chi connectivity index (χ2n) is 7.15. The summed E-state index contributed by atoms with van der Waals surface area (Å²) in [5.41, 5.74) is 0.695. The first-order valence-corrected chi connectivity index (χ1v) is 12.2.